The monoisotopic (exact) mass is 397 g/mol. The Morgan fingerprint density at radius 1 is 1.07 bits per heavy atom. The number of halogens is 6. The van der Waals surface area contributed by atoms with Gasteiger partial charge < -0.3 is 15.0 Å². The van der Waals surface area contributed by atoms with Crippen molar-refractivity contribution in [3.8, 4) is 11.1 Å². The van der Waals surface area contributed by atoms with Crippen LogP contribution in [0.1, 0.15) is 5.69 Å². The van der Waals surface area contributed by atoms with Gasteiger partial charge in [0.25, 0.3) is 0 Å². The Labute approximate surface area is 146 Å². The first-order valence-electron chi connectivity index (χ1n) is 6.70. The van der Waals surface area contributed by atoms with Crippen molar-refractivity contribution >= 4 is 11.9 Å². The summed E-state index contributed by atoms with van der Waals surface area (Å²) in [6.07, 6.45) is -5.60. The molecule has 0 amide bonds. The Kier molecular flexibility index (Phi) is 6.80. The van der Waals surface area contributed by atoms with Gasteiger partial charge >= 0.3 is 18.3 Å². The molecule has 0 saturated carbocycles. The molecule has 0 aliphatic carbocycles. The average Bonchev–Trinajstić information content (AvgIpc) is 2.54. The van der Waals surface area contributed by atoms with Crippen molar-refractivity contribution < 1.29 is 50.7 Å². The fraction of sp³-hybridized carbons (Fsp3) is 0.214. The fourth-order valence-corrected chi connectivity index (χ4v) is 1.57. The van der Waals surface area contributed by atoms with E-state index in [0.717, 1.165) is 6.07 Å². The molecule has 146 valence electrons. The van der Waals surface area contributed by atoms with Crippen molar-refractivity contribution in [2.24, 2.45) is 0 Å². The van der Waals surface area contributed by atoms with Gasteiger partial charge in [0.1, 0.15) is 5.97 Å². The third-order valence-corrected chi connectivity index (χ3v) is 2.72. The molecule has 0 aliphatic rings. The van der Waals surface area contributed by atoms with Crippen LogP contribution in [0.2, 0.25) is 0 Å². The molecule has 0 radical (unpaired) electrons. The third-order valence-electron chi connectivity index (χ3n) is 2.72. The zero-order chi connectivity index (χ0) is 20.8. The molecule has 0 aromatic carbocycles. The highest BCUT2D eigenvalue weighted by molar-refractivity contribution is 5.70. The van der Waals surface area contributed by atoms with E-state index < -0.39 is 30.0 Å². The predicted octanol–water partition coefficient (Wildman–Crippen LogP) is 0.833. The molecular formula is C14H9F6N3O4. The van der Waals surface area contributed by atoms with Crippen LogP contribution >= 0.6 is 0 Å². The lowest BCUT2D eigenvalue weighted by Gasteiger charge is -2.06. The molecule has 2 aromatic rings. The Morgan fingerprint density at radius 2 is 1.59 bits per heavy atom. The van der Waals surface area contributed by atoms with Gasteiger partial charge in [-0.15, -0.1) is 5.10 Å². The second kappa shape index (κ2) is 8.42. The molecule has 0 aliphatic heterocycles. The molecule has 7 nitrogen and oxygen atoms in total. The minimum absolute atomic E-state index is 0.220. The number of aliphatic carboxylic acids is 2. The minimum Gasteiger partial charge on any atom is -0.542 e. The number of carboxylic acid groups (broad SMARTS) is 2. The molecule has 0 unspecified atom stereocenters. The van der Waals surface area contributed by atoms with Crippen LogP contribution in [0.25, 0.3) is 11.1 Å². The van der Waals surface area contributed by atoms with Crippen LogP contribution in [0.15, 0.2) is 36.8 Å². The van der Waals surface area contributed by atoms with Gasteiger partial charge in [-0.05, 0) is 11.6 Å². The Balaban J connectivity index is 0.000000445. The van der Waals surface area contributed by atoms with E-state index in [-0.39, 0.29) is 12.1 Å². The van der Waals surface area contributed by atoms with E-state index >= 15 is 0 Å². The van der Waals surface area contributed by atoms with E-state index in [1.165, 1.54) is 35.3 Å². The van der Waals surface area contributed by atoms with Gasteiger partial charge in [-0.1, -0.05) is 0 Å². The Morgan fingerprint density at radius 3 is 2.00 bits per heavy atom. The summed E-state index contributed by atoms with van der Waals surface area (Å²) in [7, 11) is 0. The maximum atomic E-state index is 12.5. The van der Waals surface area contributed by atoms with E-state index in [2.05, 4.69) is 10.2 Å². The molecule has 2 rings (SSSR count). The van der Waals surface area contributed by atoms with Crippen molar-refractivity contribution in [1.82, 2.24) is 10.2 Å². The Bertz CT molecular complexity index is 806. The number of rotatable bonds is 3. The van der Waals surface area contributed by atoms with Crippen LogP contribution in [0.3, 0.4) is 0 Å². The molecule has 0 bridgehead atoms. The van der Waals surface area contributed by atoms with Crippen molar-refractivity contribution in [2.45, 2.75) is 18.9 Å². The molecule has 0 spiro atoms. The number of aromatic nitrogens is 3. The first-order valence-corrected chi connectivity index (χ1v) is 6.70. The fourth-order valence-electron chi connectivity index (χ4n) is 1.57. The predicted molar refractivity (Wildman–Crippen MR) is 71.4 cm³/mol. The number of hydrogen-bond acceptors (Lipinski definition) is 5. The highest BCUT2D eigenvalue weighted by Crippen LogP contribution is 2.29. The first kappa shape index (κ1) is 21.8. The van der Waals surface area contributed by atoms with Crippen LogP contribution in [-0.2, 0) is 22.3 Å². The quantitative estimate of drug-likeness (QED) is 0.608. The number of carboxylic acids is 2. The number of nitrogens with zero attached hydrogens (tertiary/aromatic N) is 3. The summed E-state index contributed by atoms with van der Waals surface area (Å²) in [6, 6.07) is 3.92. The second-order valence-corrected chi connectivity index (χ2v) is 4.77. The second-order valence-electron chi connectivity index (χ2n) is 4.77. The van der Waals surface area contributed by atoms with E-state index in [9.17, 15) is 31.1 Å². The van der Waals surface area contributed by atoms with Gasteiger partial charge in [-0.2, -0.15) is 36.0 Å². The molecule has 27 heavy (non-hydrogen) atoms. The summed E-state index contributed by atoms with van der Waals surface area (Å²) >= 11 is 0. The number of alkyl halides is 6. The van der Waals surface area contributed by atoms with E-state index in [0.29, 0.717) is 5.56 Å². The summed E-state index contributed by atoms with van der Waals surface area (Å²) in [5.74, 6) is -4.01. The Hall–Kier alpha value is -3.25. The number of pyridine rings is 1. The van der Waals surface area contributed by atoms with Crippen LogP contribution in [-0.4, -0.2) is 33.4 Å². The van der Waals surface area contributed by atoms with Gasteiger partial charge in [-0.3, -0.25) is 0 Å². The lowest BCUT2D eigenvalue weighted by molar-refractivity contribution is -0.685. The maximum absolute atomic E-state index is 12.5. The van der Waals surface area contributed by atoms with Gasteiger partial charge in [-0.25, -0.2) is 4.79 Å². The number of hydrogen-bond donors (Lipinski definition) is 1. The first-order chi connectivity index (χ1) is 12.3. The van der Waals surface area contributed by atoms with E-state index in [1.807, 2.05) is 0 Å². The van der Waals surface area contributed by atoms with E-state index in [4.69, 9.17) is 15.0 Å². The van der Waals surface area contributed by atoms with Crippen molar-refractivity contribution in [3.05, 3.63) is 42.5 Å². The highest BCUT2D eigenvalue weighted by atomic mass is 19.4. The molecular weight excluding hydrogens is 388 g/mol. The van der Waals surface area contributed by atoms with Crippen LogP contribution in [0, 0.1) is 0 Å². The zero-order valence-corrected chi connectivity index (χ0v) is 13.0. The summed E-state index contributed by atoms with van der Waals surface area (Å²) in [5, 5.41) is 23.8. The molecule has 0 saturated heterocycles. The zero-order valence-electron chi connectivity index (χ0n) is 13.0. The molecule has 13 heteroatoms. The van der Waals surface area contributed by atoms with Crippen molar-refractivity contribution in [1.29, 1.82) is 0 Å². The van der Waals surface area contributed by atoms with Gasteiger partial charge in [0, 0.05) is 17.7 Å². The molecule has 2 aromatic heterocycles. The summed E-state index contributed by atoms with van der Waals surface area (Å²) in [5.41, 5.74) is -0.320. The molecule has 2 heterocycles. The molecule has 1 N–H and O–H groups in total. The smallest absolute Gasteiger partial charge is 0.435 e. The standard InChI is InChI=1S/C12H8F3N3O2.C2HF3O2/c13-12(14,15)10-5-9(6-16-17-10)8-1-3-18(4-2-8)7-11(19)20;3-2(4,5)1(6)7/h1-6H,7H2;(H,6,7). The third kappa shape index (κ3) is 7.25. The SMILES string of the molecule is O=C(O)C[n+]1ccc(-c2cnnc(C(F)(F)F)c2)cc1.O=C([O-])C(F)(F)F. The highest BCUT2D eigenvalue weighted by Gasteiger charge is 2.33. The van der Waals surface area contributed by atoms with E-state index in [1.54, 1.807) is 0 Å². The minimum atomic E-state index is -5.19. The van der Waals surface area contributed by atoms with Gasteiger partial charge in [0.2, 0.25) is 6.54 Å². The normalized spacial score (nSPS) is 11.3. The molecule has 0 fully saturated rings. The lowest BCUT2D eigenvalue weighted by Crippen LogP contribution is -2.37. The van der Waals surface area contributed by atoms with Crippen molar-refractivity contribution in [3.63, 3.8) is 0 Å². The number of carbonyl (C=O) groups is 2. The maximum Gasteiger partial charge on any atom is 0.435 e. The number of carbonyl (C=O) groups excluding carboxylic acids is 1. The topological polar surface area (TPSA) is 107 Å². The van der Waals surface area contributed by atoms with Crippen molar-refractivity contribution in [2.75, 3.05) is 0 Å². The summed E-state index contributed by atoms with van der Waals surface area (Å²) < 4.78 is 70.5. The van der Waals surface area contributed by atoms with Crippen LogP contribution in [0.4, 0.5) is 26.3 Å². The average molecular weight is 397 g/mol. The summed E-state index contributed by atoms with van der Waals surface area (Å²) in [6.45, 7) is -0.220. The lowest BCUT2D eigenvalue weighted by atomic mass is 10.1. The van der Waals surface area contributed by atoms with Gasteiger partial charge in [0.15, 0.2) is 18.1 Å². The molecule has 0 atom stereocenters. The van der Waals surface area contributed by atoms with Crippen LogP contribution < -0.4 is 9.67 Å². The largest absolute Gasteiger partial charge is 0.542 e. The summed E-state index contributed by atoms with van der Waals surface area (Å²) in [4.78, 5) is 19.3. The van der Waals surface area contributed by atoms with Gasteiger partial charge in [0.05, 0.1) is 6.20 Å². The van der Waals surface area contributed by atoms with Crippen LogP contribution in [0.5, 0.6) is 0 Å².